The lowest BCUT2D eigenvalue weighted by Crippen LogP contribution is -2.15. The van der Waals surface area contributed by atoms with Crippen molar-refractivity contribution in [1.29, 1.82) is 0 Å². The van der Waals surface area contributed by atoms with Crippen molar-refractivity contribution in [1.82, 2.24) is 20.0 Å². The largest absolute Gasteiger partial charge is 0.358 e. The van der Waals surface area contributed by atoms with Crippen LogP contribution in [0, 0.1) is 17.0 Å². The topological polar surface area (TPSA) is 119 Å². The molecule has 1 amide bonds. The van der Waals surface area contributed by atoms with E-state index in [1.165, 1.54) is 0 Å². The molecule has 0 saturated carbocycles. The highest BCUT2D eigenvalue weighted by Crippen LogP contribution is 2.26. The second-order valence-electron chi connectivity index (χ2n) is 7.26. The first-order valence-corrected chi connectivity index (χ1v) is 8.34. The first-order chi connectivity index (χ1) is 12.6. The summed E-state index contributed by atoms with van der Waals surface area (Å²) in [7, 11) is 0. The smallest absolute Gasteiger partial charge is 0.343 e. The number of aromatic amines is 1. The first kappa shape index (κ1) is 18.3. The zero-order valence-electron chi connectivity index (χ0n) is 15.5. The van der Waals surface area contributed by atoms with Crippen molar-refractivity contribution >= 4 is 17.5 Å². The van der Waals surface area contributed by atoms with Crippen molar-refractivity contribution in [3.8, 4) is 5.69 Å². The van der Waals surface area contributed by atoms with E-state index in [0.29, 0.717) is 5.82 Å². The van der Waals surface area contributed by atoms with E-state index in [-0.39, 0.29) is 16.9 Å². The van der Waals surface area contributed by atoms with Gasteiger partial charge in [-0.1, -0.05) is 43.6 Å². The second kappa shape index (κ2) is 6.67. The van der Waals surface area contributed by atoms with Gasteiger partial charge in [-0.2, -0.15) is 5.10 Å². The Morgan fingerprint density at radius 3 is 2.44 bits per heavy atom. The molecule has 9 nitrogen and oxygen atoms in total. The number of hydrogen-bond acceptors (Lipinski definition) is 5. The van der Waals surface area contributed by atoms with Gasteiger partial charge in [-0.05, 0) is 24.0 Å². The predicted molar refractivity (Wildman–Crippen MR) is 100 cm³/mol. The Morgan fingerprint density at radius 2 is 1.89 bits per heavy atom. The zero-order chi connectivity index (χ0) is 19.8. The van der Waals surface area contributed by atoms with Crippen molar-refractivity contribution in [3.05, 3.63) is 63.5 Å². The van der Waals surface area contributed by atoms with Crippen LogP contribution in [-0.2, 0) is 5.41 Å². The van der Waals surface area contributed by atoms with Crippen LogP contribution in [0.2, 0.25) is 0 Å². The fraction of sp³-hybridized carbons (Fsp3) is 0.278. The molecular formula is C18H20N6O3. The van der Waals surface area contributed by atoms with Crippen molar-refractivity contribution in [3.63, 3.8) is 0 Å². The molecule has 140 valence electrons. The van der Waals surface area contributed by atoms with Gasteiger partial charge in [0.15, 0.2) is 5.69 Å². The molecule has 9 heteroatoms. The van der Waals surface area contributed by atoms with E-state index in [2.05, 4.69) is 20.6 Å². The highest BCUT2D eigenvalue weighted by molar-refractivity contribution is 6.02. The third-order valence-corrected chi connectivity index (χ3v) is 3.99. The second-order valence-corrected chi connectivity index (χ2v) is 7.26. The lowest BCUT2D eigenvalue weighted by molar-refractivity contribution is -0.389. The third kappa shape index (κ3) is 3.86. The van der Waals surface area contributed by atoms with Gasteiger partial charge in [0.05, 0.1) is 17.4 Å². The van der Waals surface area contributed by atoms with Gasteiger partial charge in [-0.3, -0.25) is 4.79 Å². The Balaban J connectivity index is 1.97. The molecule has 2 aromatic heterocycles. The van der Waals surface area contributed by atoms with Crippen LogP contribution in [0.1, 0.15) is 42.5 Å². The molecule has 0 unspecified atom stereocenters. The predicted octanol–water partition coefficient (Wildman–Crippen LogP) is 3.36. The third-order valence-electron chi connectivity index (χ3n) is 3.99. The van der Waals surface area contributed by atoms with E-state index in [1.54, 1.807) is 10.7 Å². The number of aryl methyl sites for hydroxylation is 1. The van der Waals surface area contributed by atoms with Crippen LogP contribution in [0.3, 0.4) is 0 Å². The Hall–Kier alpha value is -3.49. The van der Waals surface area contributed by atoms with E-state index >= 15 is 0 Å². The molecule has 0 aliphatic rings. The summed E-state index contributed by atoms with van der Waals surface area (Å²) in [6.45, 7) is 8.06. The number of anilines is 1. The van der Waals surface area contributed by atoms with Crippen molar-refractivity contribution in [2.45, 2.75) is 33.1 Å². The zero-order valence-corrected chi connectivity index (χ0v) is 15.5. The maximum Gasteiger partial charge on any atom is 0.343 e. The Morgan fingerprint density at radius 1 is 1.22 bits per heavy atom. The number of rotatable bonds is 4. The molecule has 3 aromatic rings. The molecule has 0 bridgehead atoms. The molecule has 3 rings (SSSR count). The number of amides is 1. The van der Waals surface area contributed by atoms with Crippen LogP contribution in [-0.4, -0.2) is 30.8 Å². The average molecular weight is 368 g/mol. The Kier molecular flexibility index (Phi) is 4.52. The summed E-state index contributed by atoms with van der Waals surface area (Å²) in [6.07, 6.45) is 0. The fourth-order valence-corrected chi connectivity index (χ4v) is 2.42. The quantitative estimate of drug-likeness (QED) is 0.540. The minimum Gasteiger partial charge on any atom is -0.358 e. The minimum atomic E-state index is -0.641. The molecular weight excluding hydrogens is 348 g/mol. The number of nitrogens with zero attached hydrogens (tertiary/aromatic N) is 4. The van der Waals surface area contributed by atoms with E-state index in [4.69, 9.17) is 0 Å². The molecule has 0 aliphatic heterocycles. The summed E-state index contributed by atoms with van der Waals surface area (Å²) < 4.78 is 1.64. The van der Waals surface area contributed by atoms with Crippen LogP contribution < -0.4 is 5.32 Å². The van der Waals surface area contributed by atoms with Crippen LogP contribution in [0.15, 0.2) is 36.4 Å². The summed E-state index contributed by atoms with van der Waals surface area (Å²) in [6, 6.07) is 10.6. The number of carbonyl (C=O) groups is 1. The van der Waals surface area contributed by atoms with Gasteiger partial charge < -0.3 is 15.4 Å². The number of carbonyl (C=O) groups excluding carboxylic acids is 1. The summed E-state index contributed by atoms with van der Waals surface area (Å²) in [5.74, 6) is -0.449. The number of aromatic nitrogens is 4. The van der Waals surface area contributed by atoms with Crippen LogP contribution in [0.4, 0.5) is 11.6 Å². The fourth-order valence-electron chi connectivity index (χ4n) is 2.42. The Labute approximate surface area is 155 Å². The molecule has 0 radical (unpaired) electrons. The molecule has 0 fully saturated rings. The number of nitro groups is 1. The van der Waals surface area contributed by atoms with Gasteiger partial charge in [-0.25, -0.2) is 4.68 Å². The molecule has 2 heterocycles. The number of nitrogens with one attached hydrogen (secondary N) is 2. The van der Waals surface area contributed by atoms with Crippen LogP contribution >= 0.6 is 0 Å². The summed E-state index contributed by atoms with van der Waals surface area (Å²) in [5, 5.41) is 24.0. The number of benzene rings is 1. The monoisotopic (exact) mass is 368 g/mol. The van der Waals surface area contributed by atoms with E-state index in [0.717, 1.165) is 23.0 Å². The first-order valence-electron chi connectivity index (χ1n) is 8.34. The van der Waals surface area contributed by atoms with Gasteiger partial charge >= 0.3 is 5.82 Å². The summed E-state index contributed by atoms with van der Waals surface area (Å²) in [4.78, 5) is 22.6. The summed E-state index contributed by atoms with van der Waals surface area (Å²) in [5.41, 5.74) is 2.40. The number of H-pyrrole nitrogens is 1. The Bertz CT molecular complexity index is 995. The standard InChI is InChI=1S/C18H20N6O3/c1-11-5-7-12(8-6-11)23-15(10-14(22-23)18(2,3)4)19-17(25)13-9-16(21-20-13)24(26)27/h5-10H,1-4H3,(H,19,25)(H,20,21). The lowest BCUT2D eigenvalue weighted by Gasteiger charge is -2.14. The minimum absolute atomic E-state index is 0.0735. The highest BCUT2D eigenvalue weighted by atomic mass is 16.6. The van der Waals surface area contributed by atoms with Gasteiger partial charge in [0.25, 0.3) is 5.91 Å². The van der Waals surface area contributed by atoms with E-state index in [9.17, 15) is 14.9 Å². The van der Waals surface area contributed by atoms with Gasteiger partial charge in [-0.15, -0.1) is 5.10 Å². The molecule has 0 spiro atoms. The van der Waals surface area contributed by atoms with Gasteiger partial charge in [0, 0.05) is 11.5 Å². The van der Waals surface area contributed by atoms with Crippen molar-refractivity contribution in [2.24, 2.45) is 0 Å². The van der Waals surface area contributed by atoms with Crippen molar-refractivity contribution in [2.75, 3.05) is 5.32 Å². The SMILES string of the molecule is Cc1ccc(-n2nc(C(C)(C)C)cc2NC(=O)c2cc([N+](=O)[O-])[nH]n2)cc1. The molecule has 0 aliphatic carbocycles. The van der Waals surface area contributed by atoms with Gasteiger partial charge in [0.1, 0.15) is 5.82 Å². The molecule has 27 heavy (non-hydrogen) atoms. The van der Waals surface area contributed by atoms with Crippen LogP contribution in [0.25, 0.3) is 5.69 Å². The van der Waals surface area contributed by atoms with Gasteiger partial charge in [0.2, 0.25) is 0 Å². The normalized spacial score (nSPS) is 11.4. The maximum absolute atomic E-state index is 12.5. The molecule has 0 saturated heterocycles. The van der Waals surface area contributed by atoms with Crippen molar-refractivity contribution < 1.29 is 9.72 Å². The van der Waals surface area contributed by atoms with Crippen LogP contribution in [0.5, 0.6) is 0 Å². The summed E-state index contributed by atoms with van der Waals surface area (Å²) >= 11 is 0. The maximum atomic E-state index is 12.5. The lowest BCUT2D eigenvalue weighted by atomic mass is 9.92. The molecule has 1 aromatic carbocycles. The molecule has 0 atom stereocenters. The highest BCUT2D eigenvalue weighted by Gasteiger charge is 2.23. The van der Waals surface area contributed by atoms with E-state index in [1.807, 2.05) is 52.0 Å². The average Bonchev–Trinajstić information content (AvgIpc) is 3.22. The molecule has 2 N–H and O–H groups in total. The number of hydrogen-bond donors (Lipinski definition) is 2. The van der Waals surface area contributed by atoms with E-state index < -0.39 is 10.8 Å².